The molecule has 2 aromatic heterocycles. The normalized spacial score (nSPS) is 12.8. The van der Waals surface area contributed by atoms with Crippen molar-refractivity contribution in [2.24, 2.45) is 0 Å². The summed E-state index contributed by atoms with van der Waals surface area (Å²) in [6.45, 7) is 5.22. The molecule has 0 fully saturated rings. The van der Waals surface area contributed by atoms with Gasteiger partial charge in [0.1, 0.15) is 11.4 Å². The Morgan fingerprint density at radius 2 is 2.10 bits per heavy atom. The molecule has 1 amide bonds. The van der Waals surface area contributed by atoms with Crippen LogP contribution in [0.3, 0.4) is 0 Å². The van der Waals surface area contributed by atoms with Gasteiger partial charge in [-0.1, -0.05) is 0 Å². The van der Waals surface area contributed by atoms with Crippen molar-refractivity contribution in [3.05, 3.63) is 53.0 Å². The third kappa shape index (κ3) is 3.24. The lowest BCUT2D eigenvalue weighted by atomic mass is 10.1. The molecule has 0 bridgehead atoms. The second kappa shape index (κ2) is 7.51. The van der Waals surface area contributed by atoms with Gasteiger partial charge in [-0.3, -0.25) is 4.79 Å². The summed E-state index contributed by atoms with van der Waals surface area (Å²) in [6.07, 6.45) is 1.64. The third-order valence-electron chi connectivity index (χ3n) is 5.21. The van der Waals surface area contributed by atoms with E-state index in [1.165, 1.54) is 19.2 Å². The number of nitrogens with one attached hydrogen (secondary N) is 2. The van der Waals surface area contributed by atoms with Crippen molar-refractivity contribution in [3.63, 3.8) is 0 Å². The fourth-order valence-corrected chi connectivity index (χ4v) is 3.82. The lowest BCUT2D eigenvalue weighted by Crippen LogP contribution is -2.35. The van der Waals surface area contributed by atoms with Gasteiger partial charge in [0.2, 0.25) is 5.95 Å². The van der Waals surface area contributed by atoms with Gasteiger partial charge in [-0.2, -0.15) is 0 Å². The zero-order chi connectivity index (χ0) is 21.4. The van der Waals surface area contributed by atoms with Crippen LogP contribution in [0.2, 0.25) is 0 Å². The lowest BCUT2D eigenvalue weighted by molar-refractivity contribution is 0.0696. The number of aromatic nitrogens is 3. The predicted molar refractivity (Wildman–Crippen MR) is 111 cm³/mol. The number of benzene rings is 1. The van der Waals surface area contributed by atoms with Gasteiger partial charge in [0.25, 0.3) is 5.91 Å². The van der Waals surface area contributed by atoms with Gasteiger partial charge in [0, 0.05) is 30.5 Å². The lowest BCUT2D eigenvalue weighted by Gasteiger charge is -2.17. The fourth-order valence-electron chi connectivity index (χ4n) is 3.82. The number of carbonyl (C=O) groups is 2. The van der Waals surface area contributed by atoms with Crippen molar-refractivity contribution in [1.29, 1.82) is 0 Å². The molecule has 1 aromatic carbocycles. The van der Waals surface area contributed by atoms with Crippen LogP contribution in [0.15, 0.2) is 30.5 Å². The van der Waals surface area contributed by atoms with Crippen LogP contribution in [-0.2, 0) is 6.54 Å². The minimum Gasteiger partial charge on any atom is -0.495 e. The monoisotopic (exact) mass is 407 g/mol. The first kappa shape index (κ1) is 19.4. The van der Waals surface area contributed by atoms with E-state index in [0.29, 0.717) is 35.3 Å². The Kier molecular flexibility index (Phi) is 4.86. The molecule has 0 saturated heterocycles. The summed E-state index contributed by atoms with van der Waals surface area (Å²) in [5, 5.41) is 15.1. The number of methoxy groups -OCH3 is 1. The van der Waals surface area contributed by atoms with Crippen molar-refractivity contribution in [2.45, 2.75) is 20.4 Å². The highest BCUT2D eigenvalue weighted by Crippen LogP contribution is 2.33. The number of carboxylic acids is 1. The first-order valence-corrected chi connectivity index (χ1v) is 9.40. The number of fused-ring (bicyclic) bond motifs is 1. The second-order valence-electron chi connectivity index (χ2n) is 6.95. The van der Waals surface area contributed by atoms with Crippen LogP contribution in [0.4, 0.5) is 11.6 Å². The highest BCUT2D eigenvalue weighted by molar-refractivity contribution is 5.97. The van der Waals surface area contributed by atoms with Crippen molar-refractivity contribution in [1.82, 2.24) is 19.9 Å². The summed E-state index contributed by atoms with van der Waals surface area (Å²) < 4.78 is 7.32. The minimum atomic E-state index is -1.04. The van der Waals surface area contributed by atoms with Crippen molar-refractivity contribution < 1.29 is 19.4 Å². The number of amides is 1. The maximum absolute atomic E-state index is 12.3. The predicted octanol–water partition coefficient (Wildman–Crippen LogP) is 2.76. The molecule has 3 heterocycles. The van der Waals surface area contributed by atoms with Gasteiger partial charge in [-0.05, 0) is 43.7 Å². The summed E-state index contributed by atoms with van der Waals surface area (Å²) in [7, 11) is 1.47. The van der Waals surface area contributed by atoms with E-state index in [1.54, 1.807) is 18.3 Å². The summed E-state index contributed by atoms with van der Waals surface area (Å²) in [4.78, 5) is 32.4. The van der Waals surface area contributed by atoms with Gasteiger partial charge >= 0.3 is 5.97 Å². The smallest absolute Gasteiger partial charge is 0.335 e. The second-order valence-corrected chi connectivity index (χ2v) is 6.95. The molecule has 154 valence electrons. The molecule has 1 aliphatic heterocycles. The SMILES string of the molecule is COc1cc(C(=O)O)ccc1Nc1nccc(-c2c(C)c3n(c2C)CCNC3=O)n1. The number of ether oxygens (including phenoxy) is 1. The van der Waals surface area contributed by atoms with Gasteiger partial charge in [0.05, 0.1) is 24.1 Å². The average Bonchev–Trinajstić information content (AvgIpc) is 2.99. The first-order valence-electron chi connectivity index (χ1n) is 9.40. The topological polar surface area (TPSA) is 118 Å². The van der Waals surface area contributed by atoms with Gasteiger partial charge in [-0.25, -0.2) is 14.8 Å². The molecule has 3 N–H and O–H groups in total. The zero-order valence-electron chi connectivity index (χ0n) is 16.8. The third-order valence-corrected chi connectivity index (χ3v) is 5.21. The van der Waals surface area contributed by atoms with Crippen LogP contribution in [0.5, 0.6) is 5.75 Å². The molecule has 0 spiro atoms. The molecule has 4 rings (SSSR count). The minimum absolute atomic E-state index is 0.0799. The van der Waals surface area contributed by atoms with Crippen LogP contribution in [-0.4, -0.2) is 45.2 Å². The van der Waals surface area contributed by atoms with E-state index in [0.717, 1.165) is 23.4 Å². The Bertz CT molecular complexity index is 1170. The van der Waals surface area contributed by atoms with Crippen LogP contribution in [0.1, 0.15) is 32.1 Å². The number of carbonyl (C=O) groups excluding carboxylic acids is 1. The van der Waals surface area contributed by atoms with E-state index in [4.69, 9.17) is 9.84 Å². The van der Waals surface area contributed by atoms with Gasteiger partial charge in [-0.15, -0.1) is 0 Å². The average molecular weight is 407 g/mol. The van der Waals surface area contributed by atoms with Gasteiger partial charge < -0.3 is 25.0 Å². The quantitative estimate of drug-likeness (QED) is 0.595. The van der Waals surface area contributed by atoms with E-state index >= 15 is 0 Å². The number of nitrogens with zero attached hydrogens (tertiary/aromatic N) is 3. The Labute approximate surface area is 172 Å². The van der Waals surface area contributed by atoms with E-state index in [1.807, 2.05) is 18.4 Å². The van der Waals surface area contributed by atoms with Crippen LogP contribution in [0.25, 0.3) is 11.3 Å². The van der Waals surface area contributed by atoms with Crippen LogP contribution in [0, 0.1) is 13.8 Å². The standard InChI is InChI=1S/C21H21N5O4/c1-11-17(12(2)26-9-8-22-19(27)18(11)26)15-6-7-23-21(25-15)24-14-5-4-13(20(28)29)10-16(14)30-3/h4-7,10H,8-9H2,1-3H3,(H,22,27)(H,28,29)(H,23,24,25). The number of hydrogen-bond acceptors (Lipinski definition) is 6. The molecule has 9 heteroatoms. The molecule has 0 atom stereocenters. The van der Waals surface area contributed by atoms with Crippen molar-refractivity contribution in [2.75, 3.05) is 19.0 Å². The van der Waals surface area contributed by atoms with Crippen LogP contribution < -0.4 is 15.4 Å². The van der Waals surface area contributed by atoms with Crippen molar-refractivity contribution in [3.8, 4) is 17.0 Å². The number of carboxylic acid groups (broad SMARTS) is 1. The summed E-state index contributed by atoms with van der Waals surface area (Å²) in [5.74, 6) is -0.414. The number of aromatic carboxylic acids is 1. The zero-order valence-corrected chi connectivity index (χ0v) is 16.8. The highest BCUT2D eigenvalue weighted by atomic mass is 16.5. The summed E-state index contributed by atoms with van der Waals surface area (Å²) >= 11 is 0. The summed E-state index contributed by atoms with van der Waals surface area (Å²) in [5.41, 5.74) is 4.77. The Morgan fingerprint density at radius 3 is 2.80 bits per heavy atom. The fraction of sp³-hybridized carbons (Fsp3) is 0.238. The number of anilines is 2. The first-order chi connectivity index (χ1) is 14.4. The van der Waals surface area contributed by atoms with Crippen molar-refractivity contribution >= 4 is 23.5 Å². The molecule has 0 saturated carbocycles. The Morgan fingerprint density at radius 1 is 1.30 bits per heavy atom. The molecule has 3 aromatic rings. The van der Waals surface area contributed by atoms with E-state index in [2.05, 4.69) is 20.6 Å². The van der Waals surface area contributed by atoms with E-state index < -0.39 is 5.97 Å². The molecule has 30 heavy (non-hydrogen) atoms. The largest absolute Gasteiger partial charge is 0.495 e. The molecule has 0 aliphatic carbocycles. The Balaban J connectivity index is 1.72. The maximum atomic E-state index is 12.3. The molecule has 0 radical (unpaired) electrons. The van der Waals surface area contributed by atoms with E-state index in [9.17, 15) is 9.59 Å². The number of rotatable bonds is 5. The Hall–Kier alpha value is -3.88. The molecule has 0 unspecified atom stereocenters. The molecular formula is C21H21N5O4. The molecular weight excluding hydrogens is 386 g/mol. The number of hydrogen-bond donors (Lipinski definition) is 3. The van der Waals surface area contributed by atoms with Crippen LogP contribution >= 0.6 is 0 Å². The summed E-state index contributed by atoms with van der Waals surface area (Å²) in [6, 6.07) is 6.32. The maximum Gasteiger partial charge on any atom is 0.335 e. The molecule has 1 aliphatic rings. The van der Waals surface area contributed by atoms with E-state index in [-0.39, 0.29) is 11.5 Å². The highest BCUT2D eigenvalue weighted by Gasteiger charge is 2.26. The molecule has 9 nitrogen and oxygen atoms in total. The van der Waals surface area contributed by atoms with Gasteiger partial charge in [0.15, 0.2) is 0 Å².